The average molecular weight is 343 g/mol. The number of carbonyl (C=O) groups excluding carboxylic acids is 2. The van der Waals surface area contributed by atoms with Crippen LogP contribution in [0.5, 0.6) is 0 Å². The molecule has 2 aliphatic heterocycles. The molecule has 2 aliphatic rings. The molecule has 1 aromatic rings. The first-order valence-electron chi connectivity index (χ1n) is 9.60. The number of benzene rings is 1. The van der Waals surface area contributed by atoms with Crippen LogP contribution in [0.1, 0.15) is 56.9 Å². The van der Waals surface area contributed by atoms with Crippen molar-refractivity contribution in [1.29, 1.82) is 0 Å². The van der Waals surface area contributed by atoms with Crippen LogP contribution in [-0.2, 0) is 4.79 Å². The number of hydrogen-bond donors (Lipinski definition) is 2. The van der Waals surface area contributed by atoms with Gasteiger partial charge in [0.25, 0.3) is 0 Å². The van der Waals surface area contributed by atoms with Crippen molar-refractivity contribution < 1.29 is 9.59 Å². The summed E-state index contributed by atoms with van der Waals surface area (Å²) in [6, 6.07) is 10.2. The van der Waals surface area contributed by atoms with E-state index in [9.17, 15) is 9.59 Å². The van der Waals surface area contributed by atoms with Gasteiger partial charge >= 0.3 is 6.03 Å². The van der Waals surface area contributed by atoms with Gasteiger partial charge in [-0.2, -0.15) is 0 Å². The second-order valence-corrected chi connectivity index (χ2v) is 7.12. The summed E-state index contributed by atoms with van der Waals surface area (Å²) in [5.41, 5.74) is 1.29. The summed E-state index contributed by atoms with van der Waals surface area (Å²) >= 11 is 0. The van der Waals surface area contributed by atoms with E-state index in [1.807, 2.05) is 11.0 Å². The van der Waals surface area contributed by atoms with Crippen LogP contribution in [0.3, 0.4) is 0 Å². The lowest BCUT2D eigenvalue weighted by Gasteiger charge is -2.32. The lowest BCUT2D eigenvalue weighted by molar-refractivity contribution is -0.122. The van der Waals surface area contributed by atoms with Gasteiger partial charge in [0.1, 0.15) is 6.04 Å². The molecule has 0 saturated carbocycles. The highest BCUT2D eigenvalue weighted by molar-refractivity contribution is 5.87. The molecule has 0 spiro atoms. The second-order valence-electron chi connectivity index (χ2n) is 7.12. The van der Waals surface area contributed by atoms with Crippen LogP contribution in [-0.4, -0.2) is 42.0 Å². The molecule has 0 aliphatic carbocycles. The Morgan fingerprint density at radius 2 is 2.04 bits per heavy atom. The fourth-order valence-corrected chi connectivity index (χ4v) is 4.20. The molecule has 5 heteroatoms. The molecule has 0 aromatic heterocycles. The van der Waals surface area contributed by atoms with E-state index in [2.05, 4.69) is 41.8 Å². The number of likely N-dealkylation sites (tertiary alicyclic amines) is 1. The highest BCUT2D eigenvalue weighted by atomic mass is 16.2. The minimum atomic E-state index is -0.395. The average Bonchev–Trinajstić information content (AvgIpc) is 3.02. The Kier molecular flexibility index (Phi) is 5.95. The lowest BCUT2D eigenvalue weighted by Crippen LogP contribution is -2.52. The van der Waals surface area contributed by atoms with Gasteiger partial charge in [-0.1, -0.05) is 37.3 Å². The number of nitrogens with zero attached hydrogens (tertiary/aromatic N) is 1. The third-order valence-corrected chi connectivity index (χ3v) is 5.53. The Labute approximate surface area is 150 Å². The highest BCUT2D eigenvalue weighted by Gasteiger charge is 2.36. The Hall–Kier alpha value is -2.04. The monoisotopic (exact) mass is 343 g/mol. The van der Waals surface area contributed by atoms with E-state index < -0.39 is 6.04 Å². The van der Waals surface area contributed by atoms with Crippen molar-refractivity contribution in [2.24, 2.45) is 0 Å². The largest absolute Gasteiger partial charge is 0.354 e. The molecular weight excluding hydrogens is 314 g/mol. The Balaban J connectivity index is 1.69. The predicted octanol–water partition coefficient (Wildman–Crippen LogP) is 3.02. The van der Waals surface area contributed by atoms with E-state index in [1.54, 1.807) is 0 Å². The fraction of sp³-hybridized carbons (Fsp3) is 0.600. The molecule has 5 nitrogen and oxygen atoms in total. The van der Waals surface area contributed by atoms with E-state index in [4.69, 9.17) is 0 Å². The molecule has 25 heavy (non-hydrogen) atoms. The standard InChI is InChI=1S/C20H29N3O2/c1-2-16(15-9-4-3-5-10-15)18-12-8-14-23(18)20(25)22-17-11-6-7-13-21-19(17)24/h3-5,9-10,16-18H,2,6-8,11-14H2,1H3,(H,21,24)(H,22,25)/t16-,17-,18+/m1/s1. The maximum Gasteiger partial charge on any atom is 0.318 e. The minimum absolute atomic E-state index is 0.0447. The van der Waals surface area contributed by atoms with Crippen LogP contribution in [0.2, 0.25) is 0 Å². The van der Waals surface area contributed by atoms with Gasteiger partial charge in [0, 0.05) is 25.0 Å². The summed E-state index contributed by atoms with van der Waals surface area (Å²) in [5.74, 6) is 0.300. The molecule has 0 bridgehead atoms. The van der Waals surface area contributed by atoms with E-state index in [0.717, 1.165) is 45.1 Å². The van der Waals surface area contributed by atoms with Crippen molar-refractivity contribution in [3.63, 3.8) is 0 Å². The minimum Gasteiger partial charge on any atom is -0.354 e. The molecule has 3 atom stereocenters. The first kappa shape index (κ1) is 17.8. The lowest BCUT2D eigenvalue weighted by atomic mass is 9.88. The van der Waals surface area contributed by atoms with E-state index in [-0.39, 0.29) is 18.0 Å². The normalized spacial score (nSPS) is 25.2. The van der Waals surface area contributed by atoms with Crippen molar-refractivity contribution >= 4 is 11.9 Å². The number of amides is 3. The number of hydrogen-bond acceptors (Lipinski definition) is 2. The first-order chi connectivity index (χ1) is 12.2. The summed E-state index contributed by atoms with van der Waals surface area (Å²) < 4.78 is 0. The Bertz CT molecular complexity index is 590. The molecular formula is C20H29N3O2. The third kappa shape index (κ3) is 4.14. The SMILES string of the molecule is CC[C@H](c1ccccc1)[C@@H]1CCCN1C(=O)N[C@@H]1CCCCNC1=O. The zero-order valence-corrected chi connectivity index (χ0v) is 15.0. The van der Waals surface area contributed by atoms with Crippen molar-refractivity contribution in [3.05, 3.63) is 35.9 Å². The topological polar surface area (TPSA) is 61.4 Å². The van der Waals surface area contributed by atoms with Gasteiger partial charge in [0.15, 0.2) is 0 Å². The maximum atomic E-state index is 12.9. The Morgan fingerprint density at radius 3 is 2.80 bits per heavy atom. The molecule has 2 saturated heterocycles. The molecule has 2 heterocycles. The molecule has 0 radical (unpaired) electrons. The molecule has 0 unspecified atom stereocenters. The van der Waals surface area contributed by atoms with Crippen molar-refractivity contribution in [3.8, 4) is 0 Å². The smallest absolute Gasteiger partial charge is 0.318 e. The van der Waals surface area contributed by atoms with E-state index in [0.29, 0.717) is 12.5 Å². The predicted molar refractivity (Wildman–Crippen MR) is 98.4 cm³/mol. The first-order valence-corrected chi connectivity index (χ1v) is 9.60. The Morgan fingerprint density at radius 1 is 1.24 bits per heavy atom. The number of rotatable bonds is 4. The summed E-state index contributed by atoms with van der Waals surface area (Å²) in [5, 5.41) is 5.88. The molecule has 2 fully saturated rings. The molecule has 2 N–H and O–H groups in total. The zero-order chi connectivity index (χ0) is 17.6. The maximum absolute atomic E-state index is 12.9. The van der Waals surface area contributed by atoms with E-state index in [1.165, 1.54) is 5.56 Å². The zero-order valence-electron chi connectivity index (χ0n) is 15.0. The van der Waals surface area contributed by atoms with Gasteiger partial charge in [-0.3, -0.25) is 4.79 Å². The van der Waals surface area contributed by atoms with Crippen molar-refractivity contribution in [2.75, 3.05) is 13.1 Å². The summed E-state index contributed by atoms with van der Waals surface area (Å²) in [6.45, 7) is 3.67. The molecule has 3 rings (SSSR count). The molecule has 1 aromatic carbocycles. The van der Waals surface area contributed by atoms with Gasteiger partial charge in [-0.05, 0) is 44.1 Å². The molecule has 3 amide bonds. The van der Waals surface area contributed by atoms with Gasteiger partial charge in [-0.25, -0.2) is 4.79 Å². The van der Waals surface area contributed by atoms with Crippen LogP contribution in [0, 0.1) is 0 Å². The third-order valence-electron chi connectivity index (χ3n) is 5.53. The summed E-state index contributed by atoms with van der Waals surface area (Å²) in [7, 11) is 0. The van der Waals surface area contributed by atoms with Crippen LogP contribution in [0.4, 0.5) is 4.79 Å². The fourth-order valence-electron chi connectivity index (χ4n) is 4.20. The van der Waals surface area contributed by atoms with Crippen LogP contribution < -0.4 is 10.6 Å². The molecule has 136 valence electrons. The highest BCUT2D eigenvalue weighted by Crippen LogP contribution is 2.33. The summed E-state index contributed by atoms with van der Waals surface area (Å²) in [4.78, 5) is 26.9. The number of nitrogens with one attached hydrogen (secondary N) is 2. The van der Waals surface area contributed by atoms with Crippen LogP contribution >= 0.6 is 0 Å². The van der Waals surface area contributed by atoms with Gasteiger partial charge in [-0.15, -0.1) is 0 Å². The van der Waals surface area contributed by atoms with Crippen LogP contribution in [0.25, 0.3) is 0 Å². The quantitative estimate of drug-likeness (QED) is 0.883. The van der Waals surface area contributed by atoms with E-state index >= 15 is 0 Å². The number of urea groups is 1. The van der Waals surface area contributed by atoms with Crippen LogP contribution in [0.15, 0.2) is 30.3 Å². The second kappa shape index (κ2) is 8.37. The van der Waals surface area contributed by atoms with Gasteiger partial charge < -0.3 is 15.5 Å². The number of carbonyl (C=O) groups is 2. The van der Waals surface area contributed by atoms with Crippen molar-refractivity contribution in [2.45, 2.75) is 63.5 Å². The van der Waals surface area contributed by atoms with Gasteiger partial charge in [0.2, 0.25) is 5.91 Å². The van der Waals surface area contributed by atoms with Gasteiger partial charge in [0.05, 0.1) is 0 Å². The van der Waals surface area contributed by atoms with Crippen molar-refractivity contribution in [1.82, 2.24) is 15.5 Å². The summed E-state index contributed by atoms with van der Waals surface area (Å²) in [6.07, 6.45) is 5.73.